The molecule has 19 heavy (non-hydrogen) atoms. The maximum Gasteiger partial charge on any atom is 0.311 e. The van der Waals surface area contributed by atoms with Crippen LogP contribution in [0.2, 0.25) is 0 Å². The lowest BCUT2D eigenvalue weighted by atomic mass is 9.84. The second kappa shape index (κ2) is 6.16. The van der Waals surface area contributed by atoms with Gasteiger partial charge in [-0.3, -0.25) is 9.59 Å². The molecule has 2 saturated heterocycles. The first kappa shape index (κ1) is 14.7. The molecule has 1 amide bonds. The highest BCUT2D eigenvalue weighted by atomic mass is 32.2. The van der Waals surface area contributed by atoms with E-state index in [-0.39, 0.29) is 5.91 Å². The second-order valence-electron chi connectivity index (χ2n) is 5.76. The molecule has 108 valence electrons. The van der Waals surface area contributed by atoms with Gasteiger partial charge in [-0.25, -0.2) is 0 Å². The van der Waals surface area contributed by atoms with Crippen LogP contribution in [-0.4, -0.2) is 46.5 Å². The third-order valence-electron chi connectivity index (χ3n) is 4.64. The quantitative estimate of drug-likeness (QED) is 0.860. The summed E-state index contributed by atoms with van der Waals surface area (Å²) in [6.45, 7) is 2.92. The standard InChI is InChI=1S/C14H23NO3S/c1-2-14(13(17)18)5-6-15(10-14)12(16)9-11-3-7-19-8-4-11/h11H,2-10H2,1H3,(H,17,18). The number of hydrogen-bond acceptors (Lipinski definition) is 3. The van der Waals surface area contributed by atoms with Crippen molar-refractivity contribution in [3.05, 3.63) is 0 Å². The van der Waals surface area contributed by atoms with Crippen molar-refractivity contribution in [3.8, 4) is 0 Å². The van der Waals surface area contributed by atoms with E-state index in [4.69, 9.17) is 0 Å². The molecule has 2 rings (SSSR count). The molecule has 1 atom stereocenters. The Kier molecular flexibility index (Phi) is 4.76. The molecule has 4 nitrogen and oxygen atoms in total. The summed E-state index contributed by atoms with van der Waals surface area (Å²) in [5.74, 6) is 2.24. The van der Waals surface area contributed by atoms with Crippen LogP contribution < -0.4 is 0 Å². The van der Waals surface area contributed by atoms with E-state index >= 15 is 0 Å². The van der Waals surface area contributed by atoms with E-state index in [1.807, 2.05) is 18.7 Å². The van der Waals surface area contributed by atoms with Crippen molar-refractivity contribution in [1.82, 2.24) is 4.90 Å². The molecule has 2 aliphatic rings. The van der Waals surface area contributed by atoms with Crippen LogP contribution in [0.25, 0.3) is 0 Å². The summed E-state index contributed by atoms with van der Waals surface area (Å²) in [5.41, 5.74) is -0.696. The van der Waals surface area contributed by atoms with Gasteiger partial charge in [-0.15, -0.1) is 0 Å². The van der Waals surface area contributed by atoms with Gasteiger partial charge in [0, 0.05) is 19.5 Å². The predicted octanol–water partition coefficient (Wildman–Crippen LogP) is 2.23. The Morgan fingerprint density at radius 1 is 1.37 bits per heavy atom. The van der Waals surface area contributed by atoms with E-state index in [9.17, 15) is 14.7 Å². The van der Waals surface area contributed by atoms with Crippen LogP contribution in [0.3, 0.4) is 0 Å². The van der Waals surface area contributed by atoms with Crippen LogP contribution in [0.15, 0.2) is 0 Å². The van der Waals surface area contributed by atoms with E-state index in [0.29, 0.717) is 38.3 Å². The van der Waals surface area contributed by atoms with Gasteiger partial charge < -0.3 is 10.0 Å². The van der Waals surface area contributed by atoms with Gasteiger partial charge in [-0.2, -0.15) is 11.8 Å². The van der Waals surface area contributed by atoms with Crippen LogP contribution in [0.1, 0.15) is 39.0 Å². The zero-order valence-corrected chi connectivity index (χ0v) is 12.4. The number of hydrogen-bond donors (Lipinski definition) is 1. The molecule has 1 N–H and O–H groups in total. The third kappa shape index (κ3) is 3.25. The summed E-state index contributed by atoms with van der Waals surface area (Å²) in [6, 6.07) is 0. The molecule has 0 aromatic carbocycles. The fourth-order valence-electron chi connectivity index (χ4n) is 3.03. The molecule has 0 aromatic rings. The minimum atomic E-state index is -0.751. The van der Waals surface area contributed by atoms with E-state index in [1.165, 1.54) is 0 Å². The largest absolute Gasteiger partial charge is 0.481 e. The summed E-state index contributed by atoms with van der Waals surface area (Å²) < 4.78 is 0. The maximum absolute atomic E-state index is 12.3. The second-order valence-corrected chi connectivity index (χ2v) is 6.99. The summed E-state index contributed by atoms with van der Waals surface area (Å²) in [4.78, 5) is 25.4. The van der Waals surface area contributed by atoms with Gasteiger partial charge in [0.2, 0.25) is 5.91 Å². The molecule has 5 heteroatoms. The number of likely N-dealkylation sites (tertiary alicyclic amines) is 1. The lowest BCUT2D eigenvalue weighted by Crippen LogP contribution is -2.37. The highest BCUT2D eigenvalue weighted by Gasteiger charge is 2.44. The molecular weight excluding hydrogens is 262 g/mol. The van der Waals surface area contributed by atoms with Crippen LogP contribution in [-0.2, 0) is 9.59 Å². The summed E-state index contributed by atoms with van der Waals surface area (Å²) in [5, 5.41) is 9.34. The fourth-order valence-corrected chi connectivity index (χ4v) is 4.23. The number of aliphatic carboxylic acids is 1. The van der Waals surface area contributed by atoms with Crippen LogP contribution >= 0.6 is 11.8 Å². The number of amides is 1. The highest BCUT2D eigenvalue weighted by molar-refractivity contribution is 7.99. The zero-order valence-electron chi connectivity index (χ0n) is 11.6. The highest BCUT2D eigenvalue weighted by Crippen LogP contribution is 2.35. The number of carbonyl (C=O) groups is 2. The Bertz CT molecular complexity index is 355. The summed E-state index contributed by atoms with van der Waals surface area (Å²) in [7, 11) is 0. The van der Waals surface area contributed by atoms with E-state index < -0.39 is 11.4 Å². The van der Waals surface area contributed by atoms with Crippen molar-refractivity contribution < 1.29 is 14.7 Å². The van der Waals surface area contributed by atoms with Crippen molar-refractivity contribution in [2.24, 2.45) is 11.3 Å². The molecule has 0 aliphatic carbocycles. The Labute approximate surface area is 118 Å². The van der Waals surface area contributed by atoms with Gasteiger partial charge in [-0.1, -0.05) is 6.92 Å². The summed E-state index contributed by atoms with van der Waals surface area (Å²) in [6.07, 6.45) is 4.07. The van der Waals surface area contributed by atoms with Gasteiger partial charge in [0.25, 0.3) is 0 Å². The molecule has 2 fully saturated rings. The van der Waals surface area contributed by atoms with Gasteiger partial charge >= 0.3 is 5.97 Å². The van der Waals surface area contributed by atoms with Crippen LogP contribution in [0, 0.1) is 11.3 Å². The zero-order chi connectivity index (χ0) is 13.9. The summed E-state index contributed by atoms with van der Waals surface area (Å²) >= 11 is 1.96. The van der Waals surface area contributed by atoms with Crippen LogP contribution in [0.5, 0.6) is 0 Å². The Balaban J connectivity index is 1.89. The smallest absolute Gasteiger partial charge is 0.311 e. The molecule has 0 radical (unpaired) electrons. The molecule has 2 aliphatic heterocycles. The minimum Gasteiger partial charge on any atom is -0.481 e. The number of thioether (sulfide) groups is 1. The molecule has 1 unspecified atom stereocenters. The molecule has 2 heterocycles. The first-order chi connectivity index (χ1) is 9.07. The Hall–Kier alpha value is -0.710. The molecule has 0 saturated carbocycles. The number of nitrogens with zero attached hydrogens (tertiary/aromatic N) is 1. The van der Waals surface area contributed by atoms with E-state index in [1.54, 1.807) is 4.90 Å². The lowest BCUT2D eigenvalue weighted by molar-refractivity contribution is -0.148. The molecule has 0 bridgehead atoms. The van der Waals surface area contributed by atoms with Crippen molar-refractivity contribution in [1.29, 1.82) is 0 Å². The van der Waals surface area contributed by atoms with E-state index in [0.717, 1.165) is 24.3 Å². The van der Waals surface area contributed by atoms with Crippen LogP contribution in [0.4, 0.5) is 0 Å². The van der Waals surface area contributed by atoms with Crippen molar-refractivity contribution in [3.63, 3.8) is 0 Å². The SMILES string of the molecule is CCC1(C(=O)O)CCN(C(=O)CC2CCSCC2)C1. The minimum absolute atomic E-state index is 0.161. The fraction of sp³-hybridized carbons (Fsp3) is 0.857. The van der Waals surface area contributed by atoms with Gasteiger partial charge in [-0.05, 0) is 43.1 Å². The van der Waals surface area contributed by atoms with Gasteiger partial charge in [0.15, 0.2) is 0 Å². The van der Waals surface area contributed by atoms with Gasteiger partial charge in [0.1, 0.15) is 0 Å². The average Bonchev–Trinajstić information content (AvgIpc) is 2.86. The molecular formula is C14H23NO3S. The van der Waals surface area contributed by atoms with Crippen molar-refractivity contribution in [2.75, 3.05) is 24.6 Å². The molecule has 0 spiro atoms. The monoisotopic (exact) mass is 285 g/mol. The maximum atomic E-state index is 12.3. The Morgan fingerprint density at radius 3 is 2.58 bits per heavy atom. The predicted molar refractivity (Wildman–Crippen MR) is 76.2 cm³/mol. The topological polar surface area (TPSA) is 57.6 Å². The normalized spacial score (nSPS) is 28.6. The third-order valence-corrected chi connectivity index (χ3v) is 5.69. The lowest BCUT2D eigenvalue weighted by Gasteiger charge is -2.26. The first-order valence-corrected chi connectivity index (χ1v) is 8.32. The number of rotatable bonds is 4. The van der Waals surface area contributed by atoms with Gasteiger partial charge in [0.05, 0.1) is 5.41 Å². The molecule has 0 aromatic heterocycles. The van der Waals surface area contributed by atoms with E-state index in [2.05, 4.69) is 0 Å². The Morgan fingerprint density at radius 2 is 2.05 bits per heavy atom. The average molecular weight is 285 g/mol. The first-order valence-electron chi connectivity index (χ1n) is 7.16. The van der Waals surface area contributed by atoms with Crippen molar-refractivity contribution in [2.45, 2.75) is 39.0 Å². The number of carboxylic acid groups (broad SMARTS) is 1. The number of carbonyl (C=O) groups excluding carboxylic acids is 1. The number of carboxylic acids is 1. The van der Waals surface area contributed by atoms with Crippen molar-refractivity contribution >= 4 is 23.6 Å².